The van der Waals surface area contributed by atoms with Gasteiger partial charge in [-0.25, -0.2) is 4.79 Å². The van der Waals surface area contributed by atoms with Crippen LogP contribution in [0.4, 0.5) is 10.5 Å². The van der Waals surface area contributed by atoms with Gasteiger partial charge in [-0.1, -0.05) is 24.3 Å². The molecule has 2 rings (SSSR count). The Labute approximate surface area is 136 Å². The average molecular weight is 314 g/mol. The topological polar surface area (TPSA) is 32.3 Å². The van der Waals surface area contributed by atoms with E-state index in [4.69, 9.17) is 0 Å². The number of hydrogen-bond donors (Lipinski definition) is 1. The fourth-order valence-electron chi connectivity index (χ4n) is 2.17. The molecule has 0 bridgehead atoms. The smallest absolute Gasteiger partial charge is 0.321 e. The zero-order chi connectivity index (χ0) is 16.1. The van der Waals surface area contributed by atoms with Crippen LogP contribution >= 0.6 is 11.8 Å². The molecule has 0 aliphatic rings. The maximum Gasteiger partial charge on any atom is 0.321 e. The van der Waals surface area contributed by atoms with Crippen molar-refractivity contribution in [1.82, 2.24) is 4.90 Å². The van der Waals surface area contributed by atoms with E-state index in [2.05, 4.69) is 35.8 Å². The van der Waals surface area contributed by atoms with Gasteiger partial charge in [-0.2, -0.15) is 0 Å². The van der Waals surface area contributed by atoms with E-state index in [9.17, 15) is 4.79 Å². The lowest BCUT2D eigenvalue weighted by Crippen LogP contribution is -2.31. The molecule has 1 N–H and O–H groups in total. The lowest BCUT2D eigenvalue weighted by atomic mass is 10.1. The second-order valence-electron chi connectivity index (χ2n) is 5.38. The van der Waals surface area contributed by atoms with Crippen LogP contribution in [-0.4, -0.2) is 24.2 Å². The maximum atomic E-state index is 12.3. The zero-order valence-corrected chi connectivity index (χ0v) is 14.3. The predicted octanol–water partition coefficient (Wildman–Crippen LogP) is 4.69. The van der Waals surface area contributed by atoms with Gasteiger partial charge >= 0.3 is 6.03 Å². The Balaban J connectivity index is 2.01. The van der Waals surface area contributed by atoms with Crippen LogP contribution in [0.15, 0.2) is 47.4 Å². The summed E-state index contributed by atoms with van der Waals surface area (Å²) in [7, 11) is 1.81. The normalized spacial score (nSPS) is 10.4. The first-order valence-electron chi connectivity index (χ1n) is 7.22. The first-order chi connectivity index (χ1) is 10.5. The van der Waals surface area contributed by atoms with Crippen LogP contribution in [0.3, 0.4) is 0 Å². The van der Waals surface area contributed by atoms with E-state index in [1.807, 2.05) is 39.1 Å². The van der Waals surface area contributed by atoms with E-state index < -0.39 is 0 Å². The summed E-state index contributed by atoms with van der Waals surface area (Å²) in [5.41, 5.74) is 4.27. The quantitative estimate of drug-likeness (QED) is 0.830. The van der Waals surface area contributed by atoms with E-state index >= 15 is 0 Å². The molecular formula is C18H22N2OS. The summed E-state index contributed by atoms with van der Waals surface area (Å²) in [6.07, 6.45) is 2.05. The van der Waals surface area contributed by atoms with Gasteiger partial charge in [0.1, 0.15) is 0 Å². The van der Waals surface area contributed by atoms with Crippen molar-refractivity contribution in [3.63, 3.8) is 0 Å². The molecule has 0 heterocycles. The minimum Gasteiger partial charge on any atom is -0.323 e. The van der Waals surface area contributed by atoms with Gasteiger partial charge in [0.2, 0.25) is 0 Å². The van der Waals surface area contributed by atoms with Gasteiger partial charge in [0.25, 0.3) is 0 Å². The van der Waals surface area contributed by atoms with Gasteiger partial charge in [0, 0.05) is 24.2 Å². The van der Waals surface area contributed by atoms with Crippen LogP contribution in [0.5, 0.6) is 0 Å². The highest BCUT2D eigenvalue weighted by atomic mass is 32.2. The molecule has 0 saturated carbocycles. The van der Waals surface area contributed by atoms with E-state index in [0.717, 1.165) is 16.8 Å². The van der Waals surface area contributed by atoms with Crippen LogP contribution in [-0.2, 0) is 6.54 Å². The lowest BCUT2D eigenvalue weighted by Gasteiger charge is -2.19. The van der Waals surface area contributed by atoms with E-state index in [1.54, 1.807) is 16.7 Å². The number of benzene rings is 2. The molecule has 0 aromatic heterocycles. The van der Waals surface area contributed by atoms with Crippen LogP contribution < -0.4 is 5.32 Å². The molecular weight excluding hydrogens is 292 g/mol. The van der Waals surface area contributed by atoms with E-state index in [-0.39, 0.29) is 6.03 Å². The minimum absolute atomic E-state index is 0.0948. The minimum atomic E-state index is -0.0948. The molecule has 0 radical (unpaired) electrons. The van der Waals surface area contributed by atoms with Gasteiger partial charge in [0.05, 0.1) is 0 Å². The summed E-state index contributed by atoms with van der Waals surface area (Å²) in [5.74, 6) is 0. The molecule has 3 nitrogen and oxygen atoms in total. The number of urea groups is 1. The highest BCUT2D eigenvalue weighted by molar-refractivity contribution is 7.98. The molecule has 2 aromatic rings. The van der Waals surface area contributed by atoms with Gasteiger partial charge in [-0.3, -0.25) is 0 Å². The predicted molar refractivity (Wildman–Crippen MR) is 94.6 cm³/mol. The lowest BCUT2D eigenvalue weighted by molar-refractivity contribution is 0.220. The standard InChI is InChI=1S/C18H22N2OS/c1-13-6-5-7-17(14(13)2)19-18(21)20(3)12-15-8-10-16(22-4)11-9-15/h5-11H,12H2,1-4H3,(H,19,21). The Morgan fingerprint density at radius 1 is 1.14 bits per heavy atom. The molecule has 0 saturated heterocycles. The van der Waals surface area contributed by atoms with Crippen molar-refractivity contribution in [2.24, 2.45) is 0 Å². The molecule has 0 unspecified atom stereocenters. The number of amides is 2. The highest BCUT2D eigenvalue weighted by Crippen LogP contribution is 2.19. The molecule has 22 heavy (non-hydrogen) atoms. The van der Waals surface area contributed by atoms with E-state index in [1.165, 1.54) is 10.5 Å². The van der Waals surface area contributed by atoms with Crippen LogP contribution in [0, 0.1) is 13.8 Å². The fraction of sp³-hybridized carbons (Fsp3) is 0.278. The summed E-state index contributed by atoms with van der Waals surface area (Å²) in [6.45, 7) is 4.65. The number of anilines is 1. The molecule has 0 aliphatic heterocycles. The van der Waals surface area contributed by atoms with Crippen molar-refractivity contribution in [1.29, 1.82) is 0 Å². The number of rotatable bonds is 4. The second kappa shape index (κ2) is 7.36. The fourth-order valence-corrected chi connectivity index (χ4v) is 2.58. The maximum absolute atomic E-state index is 12.3. The Bertz CT molecular complexity index is 653. The number of thioether (sulfide) groups is 1. The zero-order valence-electron chi connectivity index (χ0n) is 13.5. The number of nitrogens with one attached hydrogen (secondary N) is 1. The summed E-state index contributed by atoms with van der Waals surface area (Å²) in [6, 6.07) is 14.1. The summed E-state index contributed by atoms with van der Waals surface area (Å²) in [4.78, 5) is 15.2. The Morgan fingerprint density at radius 3 is 2.45 bits per heavy atom. The Hall–Kier alpha value is -1.94. The summed E-state index contributed by atoms with van der Waals surface area (Å²) in [5, 5.41) is 2.98. The Morgan fingerprint density at radius 2 is 1.82 bits per heavy atom. The Kier molecular flexibility index (Phi) is 5.50. The second-order valence-corrected chi connectivity index (χ2v) is 6.26. The van der Waals surface area contributed by atoms with Crippen molar-refractivity contribution in [3.05, 3.63) is 59.2 Å². The molecule has 116 valence electrons. The van der Waals surface area contributed by atoms with Gasteiger partial charge < -0.3 is 10.2 Å². The van der Waals surface area contributed by atoms with Crippen LogP contribution in [0.1, 0.15) is 16.7 Å². The van der Waals surface area contributed by atoms with Crippen molar-refractivity contribution in [2.45, 2.75) is 25.3 Å². The molecule has 0 spiro atoms. The first-order valence-corrected chi connectivity index (χ1v) is 8.45. The van der Waals surface area contributed by atoms with Crippen LogP contribution in [0.2, 0.25) is 0 Å². The number of aryl methyl sites for hydroxylation is 1. The van der Waals surface area contributed by atoms with Crippen molar-refractivity contribution in [3.8, 4) is 0 Å². The average Bonchev–Trinajstić information content (AvgIpc) is 2.52. The molecule has 2 aromatic carbocycles. The molecule has 4 heteroatoms. The third-order valence-electron chi connectivity index (χ3n) is 3.77. The third kappa shape index (κ3) is 4.04. The van der Waals surface area contributed by atoms with Crippen LogP contribution in [0.25, 0.3) is 0 Å². The number of hydrogen-bond acceptors (Lipinski definition) is 2. The van der Waals surface area contributed by atoms with Gasteiger partial charge in [-0.15, -0.1) is 11.8 Å². The van der Waals surface area contributed by atoms with Crippen molar-refractivity contribution >= 4 is 23.5 Å². The summed E-state index contributed by atoms with van der Waals surface area (Å²) >= 11 is 1.71. The first kappa shape index (κ1) is 16.4. The van der Waals surface area contributed by atoms with Crippen molar-refractivity contribution in [2.75, 3.05) is 18.6 Å². The molecule has 0 atom stereocenters. The number of nitrogens with zero attached hydrogens (tertiary/aromatic N) is 1. The number of carbonyl (C=O) groups is 1. The SMILES string of the molecule is CSc1ccc(CN(C)C(=O)Nc2cccc(C)c2C)cc1. The van der Waals surface area contributed by atoms with Gasteiger partial charge in [0.15, 0.2) is 0 Å². The van der Waals surface area contributed by atoms with E-state index in [0.29, 0.717) is 6.54 Å². The largest absolute Gasteiger partial charge is 0.323 e. The highest BCUT2D eigenvalue weighted by Gasteiger charge is 2.11. The molecule has 0 aliphatic carbocycles. The number of carbonyl (C=O) groups excluding carboxylic acids is 1. The molecule has 0 fully saturated rings. The molecule has 2 amide bonds. The monoisotopic (exact) mass is 314 g/mol. The van der Waals surface area contributed by atoms with Gasteiger partial charge in [-0.05, 0) is 55.0 Å². The summed E-state index contributed by atoms with van der Waals surface area (Å²) < 4.78 is 0. The van der Waals surface area contributed by atoms with Crippen molar-refractivity contribution < 1.29 is 4.79 Å². The third-order valence-corrected chi connectivity index (χ3v) is 4.52.